The summed E-state index contributed by atoms with van der Waals surface area (Å²) in [6, 6.07) is 0. The smallest absolute Gasteiger partial charge is 0.299 e. The van der Waals surface area contributed by atoms with Gasteiger partial charge < -0.3 is 0 Å². The van der Waals surface area contributed by atoms with Gasteiger partial charge in [0.15, 0.2) is 0 Å². The fourth-order valence-corrected chi connectivity index (χ4v) is 2.40. The maximum Gasteiger partial charge on any atom is 0.391 e. The molecule has 0 heterocycles. The predicted molar refractivity (Wildman–Crippen MR) is 60.6 cm³/mol. The Morgan fingerprint density at radius 3 is 2.18 bits per heavy atom. The van der Waals surface area contributed by atoms with E-state index in [1.807, 2.05) is 13.8 Å². The number of halogens is 3. The number of hydrogen-bond donors (Lipinski definition) is 0. The molecule has 0 amide bonds. The van der Waals surface area contributed by atoms with E-state index in [1.165, 1.54) is 0 Å². The molecular weight excluding hydrogens is 229 g/mol. The van der Waals surface area contributed by atoms with Crippen molar-refractivity contribution >= 4 is 5.78 Å². The third-order valence-corrected chi connectivity index (χ3v) is 3.89. The van der Waals surface area contributed by atoms with Crippen LogP contribution in [0.3, 0.4) is 0 Å². The highest BCUT2D eigenvalue weighted by atomic mass is 19.4. The van der Waals surface area contributed by atoms with Crippen molar-refractivity contribution in [1.82, 2.24) is 0 Å². The summed E-state index contributed by atoms with van der Waals surface area (Å²) < 4.78 is 37.3. The molecule has 1 rings (SSSR count). The first kappa shape index (κ1) is 14.5. The number of ketones is 1. The maximum absolute atomic E-state index is 12.4. The molecule has 0 saturated heterocycles. The van der Waals surface area contributed by atoms with E-state index in [0.717, 1.165) is 6.42 Å². The van der Waals surface area contributed by atoms with Crippen LogP contribution in [0.1, 0.15) is 52.4 Å². The van der Waals surface area contributed by atoms with Crippen molar-refractivity contribution in [3.05, 3.63) is 0 Å². The monoisotopic (exact) mass is 250 g/mol. The van der Waals surface area contributed by atoms with Crippen molar-refractivity contribution in [2.75, 3.05) is 0 Å². The summed E-state index contributed by atoms with van der Waals surface area (Å²) in [5.74, 6) is -0.791. The Kier molecular flexibility index (Phi) is 5.02. The highest BCUT2D eigenvalue weighted by Crippen LogP contribution is 2.40. The van der Waals surface area contributed by atoms with E-state index >= 15 is 0 Å². The average molecular weight is 250 g/mol. The summed E-state index contributed by atoms with van der Waals surface area (Å²) in [6.07, 6.45) is -1.52. The summed E-state index contributed by atoms with van der Waals surface area (Å²) in [5, 5.41) is 0. The van der Waals surface area contributed by atoms with Gasteiger partial charge in [0.05, 0.1) is 5.92 Å². The molecule has 1 saturated carbocycles. The van der Waals surface area contributed by atoms with Gasteiger partial charge in [0.25, 0.3) is 0 Å². The Bertz CT molecular complexity index is 252. The van der Waals surface area contributed by atoms with Crippen molar-refractivity contribution in [1.29, 1.82) is 0 Å². The van der Waals surface area contributed by atoms with Crippen molar-refractivity contribution in [2.45, 2.75) is 58.5 Å². The van der Waals surface area contributed by atoms with E-state index in [1.54, 1.807) is 0 Å². The lowest BCUT2D eigenvalue weighted by Crippen LogP contribution is -2.30. The van der Waals surface area contributed by atoms with Gasteiger partial charge in [-0.1, -0.05) is 20.3 Å². The van der Waals surface area contributed by atoms with Gasteiger partial charge in [0.1, 0.15) is 5.78 Å². The lowest BCUT2D eigenvalue weighted by atomic mass is 9.78. The molecule has 0 aromatic carbocycles. The molecule has 1 aliphatic rings. The van der Waals surface area contributed by atoms with Crippen LogP contribution >= 0.6 is 0 Å². The zero-order valence-electron chi connectivity index (χ0n) is 10.5. The van der Waals surface area contributed by atoms with Crippen molar-refractivity contribution in [3.63, 3.8) is 0 Å². The van der Waals surface area contributed by atoms with Crippen LogP contribution in [0.2, 0.25) is 0 Å². The van der Waals surface area contributed by atoms with Gasteiger partial charge in [-0.2, -0.15) is 13.2 Å². The van der Waals surface area contributed by atoms with E-state index in [2.05, 4.69) is 0 Å². The van der Waals surface area contributed by atoms with Gasteiger partial charge in [-0.15, -0.1) is 0 Å². The van der Waals surface area contributed by atoms with E-state index in [0.29, 0.717) is 25.2 Å². The van der Waals surface area contributed by atoms with E-state index in [9.17, 15) is 18.0 Å². The molecule has 17 heavy (non-hydrogen) atoms. The van der Waals surface area contributed by atoms with Crippen LogP contribution in [0.15, 0.2) is 0 Å². The Morgan fingerprint density at radius 2 is 1.76 bits per heavy atom. The molecular formula is C13H21F3O. The summed E-state index contributed by atoms with van der Waals surface area (Å²) in [7, 11) is 0. The standard InChI is InChI=1S/C13H21F3O/c1-3-9(2)8-12(17)10-4-6-11(7-5-10)13(14,15)16/h9-11H,3-8H2,1-2H3. The van der Waals surface area contributed by atoms with Crippen LogP contribution in [0, 0.1) is 17.8 Å². The first-order valence-electron chi connectivity index (χ1n) is 6.44. The topological polar surface area (TPSA) is 17.1 Å². The van der Waals surface area contributed by atoms with E-state index in [4.69, 9.17) is 0 Å². The van der Waals surface area contributed by atoms with Gasteiger partial charge in [-0.25, -0.2) is 0 Å². The molecule has 0 aliphatic heterocycles. The van der Waals surface area contributed by atoms with Crippen LogP contribution < -0.4 is 0 Å². The summed E-state index contributed by atoms with van der Waals surface area (Å²) in [4.78, 5) is 11.8. The largest absolute Gasteiger partial charge is 0.391 e. The van der Waals surface area contributed by atoms with Gasteiger partial charge >= 0.3 is 6.18 Å². The Hall–Kier alpha value is -0.540. The molecule has 1 fully saturated rings. The van der Waals surface area contributed by atoms with Crippen LogP contribution in [-0.2, 0) is 4.79 Å². The number of hydrogen-bond acceptors (Lipinski definition) is 1. The zero-order chi connectivity index (χ0) is 13.1. The minimum atomic E-state index is -4.08. The number of alkyl halides is 3. The van der Waals surface area contributed by atoms with Crippen molar-refractivity contribution in [2.24, 2.45) is 17.8 Å². The molecule has 1 aliphatic carbocycles. The second-order valence-corrected chi connectivity index (χ2v) is 5.27. The summed E-state index contributed by atoms with van der Waals surface area (Å²) in [6.45, 7) is 4.04. The third kappa shape index (κ3) is 4.32. The number of carbonyl (C=O) groups excluding carboxylic acids is 1. The zero-order valence-corrected chi connectivity index (χ0v) is 10.5. The van der Waals surface area contributed by atoms with Crippen LogP contribution in [0.4, 0.5) is 13.2 Å². The molecule has 0 radical (unpaired) electrons. The van der Waals surface area contributed by atoms with Gasteiger partial charge in [-0.05, 0) is 31.6 Å². The molecule has 1 nitrogen and oxygen atoms in total. The molecule has 0 N–H and O–H groups in total. The van der Waals surface area contributed by atoms with Gasteiger partial charge in [0, 0.05) is 12.3 Å². The highest BCUT2D eigenvalue weighted by molar-refractivity contribution is 5.81. The van der Waals surface area contributed by atoms with Crippen LogP contribution in [-0.4, -0.2) is 12.0 Å². The van der Waals surface area contributed by atoms with E-state index < -0.39 is 12.1 Å². The minimum absolute atomic E-state index is 0.123. The predicted octanol–water partition coefficient (Wildman–Crippen LogP) is 4.36. The van der Waals surface area contributed by atoms with Crippen LogP contribution in [0.25, 0.3) is 0 Å². The maximum atomic E-state index is 12.4. The first-order chi connectivity index (χ1) is 7.84. The Morgan fingerprint density at radius 1 is 1.24 bits per heavy atom. The quantitative estimate of drug-likeness (QED) is 0.724. The first-order valence-corrected chi connectivity index (χ1v) is 6.44. The van der Waals surface area contributed by atoms with E-state index in [-0.39, 0.29) is 24.5 Å². The van der Waals surface area contributed by atoms with Crippen LogP contribution in [0.5, 0.6) is 0 Å². The molecule has 0 bridgehead atoms. The fourth-order valence-electron chi connectivity index (χ4n) is 2.40. The van der Waals surface area contributed by atoms with Crippen molar-refractivity contribution in [3.8, 4) is 0 Å². The third-order valence-electron chi connectivity index (χ3n) is 3.89. The summed E-state index contributed by atoms with van der Waals surface area (Å²) in [5.41, 5.74) is 0. The number of Topliss-reactive ketones (excluding diaryl/α,β-unsaturated/α-hetero) is 1. The second kappa shape index (κ2) is 5.87. The SMILES string of the molecule is CCC(C)CC(=O)C1CCC(C(F)(F)F)CC1. The van der Waals surface area contributed by atoms with Crippen molar-refractivity contribution < 1.29 is 18.0 Å². The molecule has 1 atom stereocenters. The molecule has 0 aromatic heterocycles. The molecule has 4 heteroatoms. The minimum Gasteiger partial charge on any atom is -0.299 e. The highest BCUT2D eigenvalue weighted by Gasteiger charge is 2.42. The van der Waals surface area contributed by atoms with Gasteiger partial charge in [0.2, 0.25) is 0 Å². The molecule has 1 unspecified atom stereocenters. The Balaban J connectivity index is 2.39. The summed E-state index contributed by atoms with van der Waals surface area (Å²) >= 11 is 0. The average Bonchev–Trinajstić information content (AvgIpc) is 2.27. The second-order valence-electron chi connectivity index (χ2n) is 5.27. The Labute approximate surface area is 101 Å². The fraction of sp³-hybridized carbons (Fsp3) is 0.923. The number of rotatable bonds is 4. The van der Waals surface area contributed by atoms with Gasteiger partial charge in [-0.3, -0.25) is 4.79 Å². The molecule has 0 spiro atoms. The number of carbonyl (C=O) groups is 1. The molecule has 100 valence electrons. The normalized spacial score (nSPS) is 27.8. The molecule has 0 aromatic rings. The lowest BCUT2D eigenvalue weighted by molar-refractivity contribution is -0.184. The lowest BCUT2D eigenvalue weighted by Gasteiger charge is -2.29.